The van der Waals surface area contributed by atoms with E-state index < -0.39 is 21.8 Å². The number of carbonyl (C=O) groups excluding carboxylic acids is 1. The molecule has 1 atom stereocenters. The van der Waals surface area contributed by atoms with Gasteiger partial charge in [-0.25, -0.2) is 12.8 Å². The molecule has 1 aliphatic rings. The molecule has 3 rings (SSSR count). The van der Waals surface area contributed by atoms with Crippen LogP contribution in [0.15, 0.2) is 59.5 Å². The predicted molar refractivity (Wildman–Crippen MR) is 97.7 cm³/mol. The third-order valence-electron chi connectivity index (χ3n) is 4.66. The number of rotatable bonds is 4. The van der Waals surface area contributed by atoms with Crippen LogP contribution in [0.2, 0.25) is 0 Å². The van der Waals surface area contributed by atoms with Gasteiger partial charge in [0.1, 0.15) is 5.82 Å². The molecule has 7 heteroatoms. The highest BCUT2D eigenvalue weighted by atomic mass is 32.2. The fourth-order valence-corrected chi connectivity index (χ4v) is 4.69. The molecule has 0 aromatic heterocycles. The van der Waals surface area contributed by atoms with Crippen molar-refractivity contribution in [2.24, 2.45) is 5.92 Å². The lowest BCUT2D eigenvalue weighted by Gasteiger charge is -2.33. The van der Waals surface area contributed by atoms with E-state index in [0.29, 0.717) is 19.4 Å². The minimum Gasteiger partial charge on any atom is -0.315 e. The van der Waals surface area contributed by atoms with Crippen molar-refractivity contribution in [2.45, 2.75) is 17.7 Å². The third-order valence-corrected chi connectivity index (χ3v) is 6.54. The maximum Gasteiger partial charge on any atom is 0.243 e. The average Bonchev–Trinajstić information content (AvgIpc) is 2.68. The molecule has 2 aromatic rings. The molecule has 1 aliphatic heterocycles. The zero-order valence-electron chi connectivity index (χ0n) is 14.5. The molecule has 1 heterocycles. The highest BCUT2D eigenvalue weighted by Crippen LogP contribution is 2.26. The SMILES string of the molecule is CN(C(=O)C1CCCN(S(=O)(=O)c2ccc(F)cc2)C1)c1ccccc1. The zero-order valence-corrected chi connectivity index (χ0v) is 15.3. The lowest BCUT2D eigenvalue weighted by Crippen LogP contribution is -2.45. The van der Waals surface area contributed by atoms with Crippen LogP contribution in [0.3, 0.4) is 0 Å². The summed E-state index contributed by atoms with van der Waals surface area (Å²) in [7, 11) is -2.04. The number of carbonyl (C=O) groups is 1. The van der Waals surface area contributed by atoms with Crippen LogP contribution in [-0.4, -0.2) is 38.8 Å². The van der Waals surface area contributed by atoms with Gasteiger partial charge in [0.2, 0.25) is 15.9 Å². The standard InChI is InChI=1S/C19H21FN2O3S/c1-21(17-7-3-2-4-8-17)19(23)15-6-5-13-22(14-15)26(24,25)18-11-9-16(20)10-12-18/h2-4,7-12,15H,5-6,13-14H2,1H3. The van der Waals surface area contributed by atoms with Crippen LogP contribution >= 0.6 is 0 Å². The van der Waals surface area contributed by atoms with Crippen molar-refractivity contribution in [1.82, 2.24) is 4.31 Å². The first-order valence-electron chi connectivity index (χ1n) is 8.48. The predicted octanol–water partition coefficient (Wildman–Crippen LogP) is 2.89. The summed E-state index contributed by atoms with van der Waals surface area (Å²) in [6.45, 7) is 0.494. The fourth-order valence-electron chi connectivity index (χ4n) is 3.17. The van der Waals surface area contributed by atoms with Crippen molar-refractivity contribution >= 4 is 21.6 Å². The number of sulfonamides is 1. The third kappa shape index (κ3) is 3.78. The second kappa shape index (κ2) is 7.55. The second-order valence-corrected chi connectivity index (χ2v) is 8.33. The van der Waals surface area contributed by atoms with Crippen molar-refractivity contribution in [3.8, 4) is 0 Å². The summed E-state index contributed by atoms with van der Waals surface area (Å²) >= 11 is 0. The maximum atomic E-state index is 13.1. The summed E-state index contributed by atoms with van der Waals surface area (Å²) in [5, 5.41) is 0. The summed E-state index contributed by atoms with van der Waals surface area (Å²) in [6.07, 6.45) is 1.25. The summed E-state index contributed by atoms with van der Waals surface area (Å²) in [5.74, 6) is -0.987. The number of para-hydroxylation sites is 1. The van der Waals surface area contributed by atoms with Crippen LogP contribution in [0.25, 0.3) is 0 Å². The highest BCUT2D eigenvalue weighted by molar-refractivity contribution is 7.89. The molecule has 1 saturated heterocycles. The number of benzene rings is 2. The number of amides is 1. The number of nitrogens with zero attached hydrogens (tertiary/aromatic N) is 2. The number of hydrogen-bond donors (Lipinski definition) is 0. The van der Waals surface area contributed by atoms with E-state index in [0.717, 1.165) is 17.8 Å². The average molecular weight is 376 g/mol. The molecule has 5 nitrogen and oxygen atoms in total. The smallest absolute Gasteiger partial charge is 0.243 e. The summed E-state index contributed by atoms with van der Waals surface area (Å²) in [4.78, 5) is 14.4. The van der Waals surface area contributed by atoms with Gasteiger partial charge in [-0.05, 0) is 49.2 Å². The van der Waals surface area contributed by atoms with Gasteiger partial charge in [-0.2, -0.15) is 4.31 Å². The maximum absolute atomic E-state index is 13.1. The first-order valence-corrected chi connectivity index (χ1v) is 9.92. The molecular weight excluding hydrogens is 355 g/mol. The topological polar surface area (TPSA) is 57.7 Å². The fraction of sp³-hybridized carbons (Fsp3) is 0.316. The normalized spacial score (nSPS) is 18.5. The van der Waals surface area contributed by atoms with Crippen molar-refractivity contribution < 1.29 is 17.6 Å². The lowest BCUT2D eigenvalue weighted by atomic mass is 9.98. The molecule has 1 amide bonds. The second-order valence-electron chi connectivity index (χ2n) is 6.39. The Morgan fingerprint density at radius 3 is 2.42 bits per heavy atom. The van der Waals surface area contributed by atoms with Gasteiger partial charge in [-0.15, -0.1) is 0 Å². The Morgan fingerprint density at radius 2 is 1.77 bits per heavy atom. The van der Waals surface area contributed by atoms with Gasteiger partial charge in [-0.1, -0.05) is 18.2 Å². The molecule has 26 heavy (non-hydrogen) atoms. The van der Waals surface area contributed by atoms with Gasteiger partial charge in [0.25, 0.3) is 0 Å². The van der Waals surface area contributed by atoms with Crippen LogP contribution < -0.4 is 4.90 Å². The van der Waals surface area contributed by atoms with Gasteiger partial charge in [-0.3, -0.25) is 4.79 Å². The van der Waals surface area contributed by atoms with E-state index in [2.05, 4.69) is 0 Å². The first-order chi connectivity index (χ1) is 12.4. The Kier molecular flexibility index (Phi) is 5.38. The lowest BCUT2D eigenvalue weighted by molar-refractivity contribution is -0.123. The van der Waals surface area contributed by atoms with Gasteiger partial charge < -0.3 is 4.90 Å². The molecule has 2 aromatic carbocycles. The van der Waals surface area contributed by atoms with Crippen molar-refractivity contribution in [1.29, 1.82) is 0 Å². The highest BCUT2D eigenvalue weighted by Gasteiger charge is 2.34. The van der Waals surface area contributed by atoms with Crippen LogP contribution in [0.4, 0.5) is 10.1 Å². The molecule has 138 valence electrons. The van der Waals surface area contributed by atoms with E-state index in [1.807, 2.05) is 30.3 Å². The first kappa shape index (κ1) is 18.5. The van der Waals surface area contributed by atoms with Crippen LogP contribution in [-0.2, 0) is 14.8 Å². The van der Waals surface area contributed by atoms with E-state index in [-0.39, 0.29) is 17.3 Å². The largest absolute Gasteiger partial charge is 0.315 e. The Morgan fingerprint density at radius 1 is 1.12 bits per heavy atom. The molecule has 0 bridgehead atoms. The minimum atomic E-state index is -3.74. The molecular formula is C19H21FN2O3S. The number of hydrogen-bond acceptors (Lipinski definition) is 3. The van der Waals surface area contributed by atoms with Gasteiger partial charge in [0, 0.05) is 25.8 Å². The van der Waals surface area contributed by atoms with Crippen molar-refractivity contribution in [3.63, 3.8) is 0 Å². The minimum absolute atomic E-state index is 0.0448. The number of halogens is 1. The summed E-state index contributed by atoms with van der Waals surface area (Å²) < 4.78 is 40.0. The summed E-state index contributed by atoms with van der Waals surface area (Å²) in [5.41, 5.74) is 0.774. The zero-order chi connectivity index (χ0) is 18.7. The molecule has 0 aliphatic carbocycles. The molecule has 1 unspecified atom stereocenters. The van der Waals surface area contributed by atoms with Gasteiger partial charge in [0.05, 0.1) is 10.8 Å². The van der Waals surface area contributed by atoms with Gasteiger partial charge in [0.15, 0.2) is 0 Å². The molecule has 0 radical (unpaired) electrons. The Bertz CT molecular complexity index is 869. The van der Waals surface area contributed by atoms with E-state index in [4.69, 9.17) is 0 Å². The Labute approximate surface area is 153 Å². The van der Waals surface area contributed by atoms with E-state index in [1.54, 1.807) is 11.9 Å². The van der Waals surface area contributed by atoms with Crippen LogP contribution in [0, 0.1) is 11.7 Å². The molecule has 0 spiro atoms. The van der Waals surface area contributed by atoms with E-state index >= 15 is 0 Å². The van der Waals surface area contributed by atoms with Gasteiger partial charge >= 0.3 is 0 Å². The number of anilines is 1. The Balaban J connectivity index is 1.76. The molecule has 1 fully saturated rings. The van der Waals surface area contributed by atoms with Crippen molar-refractivity contribution in [2.75, 3.05) is 25.0 Å². The Hall–Kier alpha value is -2.25. The monoisotopic (exact) mass is 376 g/mol. The van der Waals surface area contributed by atoms with Crippen molar-refractivity contribution in [3.05, 3.63) is 60.4 Å². The summed E-state index contributed by atoms with van der Waals surface area (Å²) in [6, 6.07) is 14.0. The van der Waals surface area contributed by atoms with Crippen LogP contribution in [0.5, 0.6) is 0 Å². The van der Waals surface area contributed by atoms with Crippen LogP contribution in [0.1, 0.15) is 12.8 Å². The molecule has 0 saturated carbocycles. The number of piperidine rings is 1. The van der Waals surface area contributed by atoms with E-state index in [9.17, 15) is 17.6 Å². The van der Waals surface area contributed by atoms with E-state index in [1.165, 1.54) is 16.4 Å². The molecule has 0 N–H and O–H groups in total. The quantitative estimate of drug-likeness (QED) is 0.824.